The normalized spacial score (nSPS) is 12.3. The maximum Gasteiger partial charge on any atom is 0.143 e. The lowest BCUT2D eigenvalue weighted by Gasteiger charge is -2.27. The highest BCUT2D eigenvalue weighted by atomic mass is 32.1. The zero-order valence-electron chi connectivity index (χ0n) is 82.3. The molecule has 135 heavy (non-hydrogen) atoms. The summed E-state index contributed by atoms with van der Waals surface area (Å²) < 4.78 is 27.5. The van der Waals surface area contributed by atoms with Gasteiger partial charge in [0.2, 0.25) is 0 Å². The maximum absolute atomic E-state index is 6.35. The summed E-state index contributed by atoms with van der Waals surface area (Å²) in [7, 11) is 0. The average molecular weight is 1780 g/mol. The van der Waals surface area contributed by atoms with E-state index >= 15 is 0 Å². The van der Waals surface area contributed by atoms with Crippen LogP contribution in [0.2, 0.25) is 0 Å². The topological polar surface area (TPSA) is 52.6 Å². The quantitative estimate of drug-likeness (QED) is 0.160. The number of hydrogen-bond donors (Lipinski definition) is 0. The molecule has 22 aromatic rings. The standard InChI is InChI=1S/C30H36S.2C28H24O.2C22H20O/c1-28(2,3)20-16-19(17-21(18-20)29(4,5)6)22-12-10-14-24-26(22)27-23(30(7,8)9)13-11-15-25(27)31-24;1-28(2,3)27-20(19-11-5-4-6-12-19)14-9-16-22(27)21-15-10-18-25-26(21)23-13-7-8-17-24(23)29-25;1-28(2,3)26-20(19-11-5-4-6-12-19)14-9-15-22(26)24-17-10-16-23-21-13-7-8-18-25(21)29-27(23)24;1-22(2,3)19-13-6-4-9-15(19)17-11-8-12-18-16-10-5-7-14-20(16)23-21(17)18;1-22(2,3)18-12-6-4-9-15(18)16-11-8-14-20-21(16)17-10-5-7-13-19(17)23-20/h10-18H,1-9H3;2*4-18H,1-3H3;2*4-14H,1-3H3. The Labute approximate surface area is 801 Å². The fraction of sp³-hybridized carbons (Fsp3) is 0.215. The van der Waals surface area contributed by atoms with Crippen LogP contribution in [0.1, 0.15) is 184 Å². The van der Waals surface area contributed by atoms with Gasteiger partial charge in [-0.25, -0.2) is 0 Å². The third-order valence-electron chi connectivity index (χ3n) is 26.3. The number of benzene rings is 17. The third kappa shape index (κ3) is 18.4. The van der Waals surface area contributed by atoms with Crippen LogP contribution >= 0.6 is 11.3 Å². The Kier molecular flexibility index (Phi) is 24.6. The number of hydrogen-bond acceptors (Lipinski definition) is 5. The molecule has 22 rings (SSSR count). The fourth-order valence-electron chi connectivity index (χ4n) is 19.9. The summed E-state index contributed by atoms with van der Waals surface area (Å²) in [4.78, 5) is 0. The molecule has 4 nitrogen and oxygen atoms in total. The van der Waals surface area contributed by atoms with Crippen LogP contribution in [0.4, 0.5) is 0 Å². The molecule has 0 bridgehead atoms. The second-order valence-corrected chi connectivity index (χ2v) is 44.5. The zero-order chi connectivity index (χ0) is 94.8. The van der Waals surface area contributed by atoms with Crippen molar-refractivity contribution in [2.75, 3.05) is 0 Å². The number of para-hydroxylation sites is 6. The molecule has 0 aliphatic heterocycles. The molecule has 0 fully saturated rings. The van der Waals surface area contributed by atoms with Crippen molar-refractivity contribution in [3.63, 3.8) is 0 Å². The first-order valence-electron chi connectivity index (χ1n) is 47.8. The summed E-state index contributed by atoms with van der Waals surface area (Å²) in [5.74, 6) is 0. The van der Waals surface area contributed by atoms with Gasteiger partial charge in [-0.3, -0.25) is 0 Å². The van der Waals surface area contributed by atoms with Gasteiger partial charge >= 0.3 is 0 Å². The van der Waals surface area contributed by atoms with E-state index in [1.54, 1.807) is 0 Å². The van der Waals surface area contributed by atoms with E-state index in [1.165, 1.54) is 175 Å². The molecule has 674 valence electrons. The van der Waals surface area contributed by atoms with Crippen LogP contribution in [0, 0.1) is 0 Å². The molecule has 0 aliphatic carbocycles. The molecule has 0 N–H and O–H groups in total. The second kappa shape index (κ2) is 36.2. The first kappa shape index (κ1) is 91.6. The summed E-state index contributed by atoms with van der Waals surface area (Å²) in [6, 6.07) is 132. The molecule has 0 saturated carbocycles. The van der Waals surface area contributed by atoms with E-state index in [1.807, 2.05) is 59.9 Å². The highest BCUT2D eigenvalue weighted by molar-refractivity contribution is 7.26. The van der Waals surface area contributed by atoms with E-state index in [0.29, 0.717) is 0 Å². The van der Waals surface area contributed by atoms with Gasteiger partial charge < -0.3 is 17.7 Å². The maximum atomic E-state index is 6.35. The van der Waals surface area contributed by atoms with Gasteiger partial charge in [0.15, 0.2) is 0 Å². The van der Waals surface area contributed by atoms with E-state index in [2.05, 4.69) is 467 Å². The number of furan rings is 4. The summed E-state index contributed by atoms with van der Waals surface area (Å²) >= 11 is 1.92. The molecule has 0 atom stereocenters. The Hall–Kier alpha value is -13.8. The molecular formula is C130H124O4S. The van der Waals surface area contributed by atoms with Crippen molar-refractivity contribution in [2.24, 2.45) is 0 Å². The molecule has 0 spiro atoms. The van der Waals surface area contributed by atoms with E-state index in [4.69, 9.17) is 17.7 Å². The smallest absolute Gasteiger partial charge is 0.143 e. The Morgan fingerprint density at radius 2 is 0.459 bits per heavy atom. The lowest BCUT2D eigenvalue weighted by atomic mass is 9.77. The Bertz CT molecular complexity index is 8070. The average Bonchev–Trinajstić information content (AvgIpc) is 1.66. The number of thiophene rings is 1. The molecule has 5 aromatic heterocycles. The van der Waals surface area contributed by atoms with Crippen LogP contribution < -0.4 is 0 Å². The van der Waals surface area contributed by atoms with Gasteiger partial charge in [0.05, 0.1) is 0 Å². The second-order valence-electron chi connectivity index (χ2n) is 43.4. The largest absolute Gasteiger partial charge is 0.456 e. The third-order valence-corrected chi connectivity index (χ3v) is 27.5. The lowest BCUT2D eigenvalue weighted by Crippen LogP contribution is -2.16. The van der Waals surface area contributed by atoms with E-state index in [0.717, 1.165) is 50.2 Å². The highest BCUT2D eigenvalue weighted by Crippen LogP contribution is 2.51. The molecule has 0 aliphatic rings. The van der Waals surface area contributed by atoms with Crippen molar-refractivity contribution in [1.82, 2.24) is 0 Å². The predicted molar refractivity (Wildman–Crippen MR) is 583 cm³/mol. The predicted octanol–water partition coefficient (Wildman–Crippen LogP) is 39.1. The molecule has 17 aromatic carbocycles. The van der Waals surface area contributed by atoms with Crippen LogP contribution in [-0.4, -0.2) is 0 Å². The van der Waals surface area contributed by atoms with E-state index in [9.17, 15) is 0 Å². The molecule has 0 saturated heterocycles. The van der Waals surface area contributed by atoms with Crippen molar-refractivity contribution >= 4 is 119 Å². The van der Waals surface area contributed by atoms with Crippen molar-refractivity contribution < 1.29 is 17.7 Å². The summed E-state index contributed by atoms with van der Waals surface area (Å²) in [6.07, 6.45) is 0. The van der Waals surface area contributed by atoms with Crippen molar-refractivity contribution in [3.8, 4) is 77.9 Å². The van der Waals surface area contributed by atoms with Gasteiger partial charge in [0.25, 0.3) is 0 Å². The van der Waals surface area contributed by atoms with Crippen LogP contribution in [0.15, 0.2) is 388 Å². The molecule has 5 heteroatoms. The number of rotatable bonds is 7. The summed E-state index contributed by atoms with van der Waals surface area (Å²) in [6.45, 7) is 48.2. The molecule has 5 heterocycles. The molecule has 0 unspecified atom stereocenters. The van der Waals surface area contributed by atoms with Crippen LogP contribution in [-0.2, 0) is 37.9 Å². The monoisotopic (exact) mass is 1780 g/mol. The van der Waals surface area contributed by atoms with Crippen molar-refractivity contribution in [3.05, 3.63) is 409 Å². The lowest BCUT2D eigenvalue weighted by molar-refractivity contribution is 0.569. The van der Waals surface area contributed by atoms with Gasteiger partial charge in [0, 0.05) is 74.4 Å². The minimum Gasteiger partial charge on any atom is -0.456 e. The Morgan fingerprint density at radius 3 is 0.896 bits per heavy atom. The summed E-state index contributed by atoms with van der Waals surface area (Å²) in [5, 5.41) is 12.3. The van der Waals surface area contributed by atoms with E-state index in [-0.39, 0.29) is 37.9 Å². The Morgan fingerprint density at radius 1 is 0.170 bits per heavy atom. The molecule has 0 radical (unpaired) electrons. The van der Waals surface area contributed by atoms with Gasteiger partial charge in [-0.15, -0.1) is 11.3 Å². The minimum atomic E-state index is -0.0179. The molecule has 0 amide bonds. The summed E-state index contributed by atoms with van der Waals surface area (Å²) in [5.41, 5.74) is 35.4. The fourth-order valence-corrected chi connectivity index (χ4v) is 21.1. The van der Waals surface area contributed by atoms with Gasteiger partial charge in [-0.2, -0.15) is 0 Å². The van der Waals surface area contributed by atoms with Crippen LogP contribution in [0.5, 0.6) is 0 Å². The molecular weight excluding hydrogens is 1660 g/mol. The Balaban J connectivity index is 0.000000113. The first-order chi connectivity index (χ1) is 64.4. The van der Waals surface area contributed by atoms with Crippen molar-refractivity contribution in [1.29, 1.82) is 0 Å². The highest BCUT2D eigenvalue weighted by Gasteiger charge is 2.31. The minimum absolute atomic E-state index is 0.0104. The van der Waals surface area contributed by atoms with Crippen LogP contribution in [0.3, 0.4) is 0 Å². The van der Waals surface area contributed by atoms with E-state index < -0.39 is 0 Å². The SMILES string of the molecule is CC(C)(C)c1c(-c2ccccc2)cccc1-c1cccc2c1oc1ccccc12.CC(C)(C)c1c(-c2ccccc2)cccc1-c1cccc2oc3ccccc3c12.CC(C)(C)c1cc(-c2cccc3sc4cccc(C(C)(C)C)c4c23)cc(C(C)(C)C)c1.CC(C)(C)c1ccccc1-c1cccc2c1oc1ccccc12.CC(C)(C)c1ccccc1-c1cccc2oc3ccccc3c12. The first-order valence-corrected chi connectivity index (χ1v) is 48.6. The van der Waals surface area contributed by atoms with Crippen molar-refractivity contribution in [2.45, 2.75) is 183 Å². The van der Waals surface area contributed by atoms with Gasteiger partial charge in [-0.05, 0) is 192 Å². The van der Waals surface area contributed by atoms with Crippen LogP contribution in [0.25, 0.3) is 186 Å². The van der Waals surface area contributed by atoms with Gasteiger partial charge in [-0.1, -0.05) is 467 Å². The number of fused-ring (bicyclic) bond motifs is 15. The zero-order valence-corrected chi connectivity index (χ0v) is 83.1. The van der Waals surface area contributed by atoms with Gasteiger partial charge in [0.1, 0.15) is 44.7 Å².